The van der Waals surface area contributed by atoms with Crippen molar-refractivity contribution in [2.45, 2.75) is 24.5 Å². The summed E-state index contributed by atoms with van der Waals surface area (Å²) in [5.74, 6) is 0. The first-order chi connectivity index (χ1) is 9.31. The lowest BCUT2D eigenvalue weighted by Gasteiger charge is -2.41. The van der Waals surface area contributed by atoms with Gasteiger partial charge in [-0.25, -0.2) is 0 Å². The Morgan fingerprint density at radius 2 is 1.42 bits per heavy atom. The lowest BCUT2D eigenvalue weighted by Crippen LogP contribution is -2.50. The molecule has 0 amide bonds. The van der Waals surface area contributed by atoms with Crippen LogP contribution in [0, 0.1) is 0 Å². The molecule has 0 aliphatic carbocycles. The van der Waals surface area contributed by atoms with Gasteiger partial charge in [0.1, 0.15) is 0 Å². The highest BCUT2D eigenvalue weighted by atomic mass is 16.3. The number of rotatable bonds is 2. The van der Waals surface area contributed by atoms with Crippen LogP contribution in [-0.2, 0) is 5.54 Å². The first kappa shape index (κ1) is 12.4. The first-order valence-corrected chi connectivity index (χ1v) is 6.85. The van der Waals surface area contributed by atoms with Crippen molar-refractivity contribution < 1.29 is 5.11 Å². The molecule has 19 heavy (non-hydrogen) atoms. The summed E-state index contributed by atoms with van der Waals surface area (Å²) < 4.78 is 0. The van der Waals surface area contributed by atoms with Gasteiger partial charge < -0.3 is 10.4 Å². The normalized spacial score (nSPS) is 22.1. The second-order valence-electron chi connectivity index (χ2n) is 5.21. The molecule has 2 N–H and O–H groups in total. The molecular weight excluding hydrogens is 234 g/mol. The van der Waals surface area contributed by atoms with E-state index < -0.39 is 0 Å². The Balaban J connectivity index is 2.11. The first-order valence-electron chi connectivity index (χ1n) is 6.85. The molecule has 1 atom stereocenters. The molecule has 1 aliphatic heterocycles. The van der Waals surface area contributed by atoms with Gasteiger partial charge in [0.25, 0.3) is 0 Å². The van der Waals surface area contributed by atoms with Gasteiger partial charge in [-0.15, -0.1) is 0 Å². The predicted octanol–water partition coefficient (Wildman–Crippen LogP) is 2.67. The molecule has 0 bridgehead atoms. The number of benzene rings is 2. The van der Waals surface area contributed by atoms with E-state index in [1.165, 1.54) is 11.1 Å². The van der Waals surface area contributed by atoms with E-state index in [1.807, 2.05) is 12.1 Å². The highest BCUT2D eigenvalue weighted by molar-refractivity contribution is 5.39. The molecule has 0 aromatic heterocycles. The second kappa shape index (κ2) is 5.16. The monoisotopic (exact) mass is 253 g/mol. The maximum Gasteiger partial charge on any atom is 0.0715 e. The highest BCUT2D eigenvalue weighted by Crippen LogP contribution is 2.36. The largest absolute Gasteiger partial charge is 0.393 e. The molecule has 2 nitrogen and oxygen atoms in total. The van der Waals surface area contributed by atoms with Crippen LogP contribution in [0.1, 0.15) is 24.0 Å². The van der Waals surface area contributed by atoms with Gasteiger partial charge in [-0.05, 0) is 30.5 Å². The number of hydrogen-bond acceptors (Lipinski definition) is 2. The summed E-state index contributed by atoms with van der Waals surface area (Å²) in [6.45, 7) is 0.838. The Bertz CT molecular complexity index is 484. The third-order valence-corrected chi connectivity index (χ3v) is 3.98. The minimum atomic E-state index is -0.264. The molecule has 98 valence electrons. The lowest BCUT2D eigenvalue weighted by atomic mass is 9.76. The molecule has 2 aromatic rings. The Morgan fingerprint density at radius 3 is 1.89 bits per heavy atom. The molecular formula is C17H19NO. The molecule has 0 saturated carbocycles. The van der Waals surface area contributed by atoms with Crippen molar-refractivity contribution in [3.63, 3.8) is 0 Å². The Hall–Kier alpha value is -1.64. The summed E-state index contributed by atoms with van der Waals surface area (Å²) in [4.78, 5) is 0. The second-order valence-corrected chi connectivity index (χ2v) is 5.21. The minimum Gasteiger partial charge on any atom is -0.393 e. The van der Waals surface area contributed by atoms with Gasteiger partial charge in [-0.1, -0.05) is 60.7 Å². The average Bonchev–Trinajstić information content (AvgIpc) is 2.49. The van der Waals surface area contributed by atoms with Crippen molar-refractivity contribution in [3.05, 3.63) is 71.8 Å². The van der Waals surface area contributed by atoms with E-state index in [0.717, 1.165) is 19.4 Å². The minimum absolute atomic E-state index is 0.248. The maximum absolute atomic E-state index is 10.1. The third-order valence-electron chi connectivity index (χ3n) is 3.98. The fourth-order valence-corrected chi connectivity index (χ4v) is 3.03. The van der Waals surface area contributed by atoms with Crippen molar-refractivity contribution in [2.75, 3.05) is 6.54 Å². The van der Waals surface area contributed by atoms with Crippen LogP contribution in [0.15, 0.2) is 60.7 Å². The van der Waals surface area contributed by atoms with E-state index in [4.69, 9.17) is 0 Å². The van der Waals surface area contributed by atoms with E-state index in [9.17, 15) is 5.11 Å². The summed E-state index contributed by atoms with van der Waals surface area (Å²) >= 11 is 0. The summed E-state index contributed by atoms with van der Waals surface area (Å²) in [5, 5.41) is 13.8. The van der Waals surface area contributed by atoms with Gasteiger partial charge in [-0.3, -0.25) is 0 Å². The summed E-state index contributed by atoms with van der Waals surface area (Å²) in [5.41, 5.74) is 2.18. The zero-order valence-electron chi connectivity index (χ0n) is 10.9. The Morgan fingerprint density at radius 1 is 0.895 bits per heavy atom. The standard InChI is InChI=1S/C17H19NO/c19-16-11-12-18-17(13-16,14-7-3-1-4-8-14)15-9-5-2-6-10-15/h1-10,16,18-19H,11-13H2. The zero-order chi connectivity index (χ0) is 13.1. The van der Waals surface area contributed by atoms with Crippen LogP contribution in [-0.4, -0.2) is 17.8 Å². The molecule has 1 fully saturated rings. The predicted molar refractivity (Wildman–Crippen MR) is 76.9 cm³/mol. The molecule has 1 unspecified atom stereocenters. The van der Waals surface area contributed by atoms with Crippen LogP contribution in [0.5, 0.6) is 0 Å². The Labute approximate surface area is 114 Å². The summed E-state index contributed by atoms with van der Waals surface area (Å²) in [6.07, 6.45) is 1.30. The van der Waals surface area contributed by atoms with Crippen LogP contribution in [0.2, 0.25) is 0 Å². The molecule has 1 heterocycles. The van der Waals surface area contributed by atoms with Crippen LogP contribution in [0.25, 0.3) is 0 Å². The smallest absolute Gasteiger partial charge is 0.0715 e. The van der Waals surface area contributed by atoms with E-state index >= 15 is 0 Å². The van der Waals surface area contributed by atoms with Gasteiger partial charge >= 0.3 is 0 Å². The van der Waals surface area contributed by atoms with E-state index in [2.05, 4.69) is 53.8 Å². The SMILES string of the molecule is OC1CCNC(c2ccccc2)(c2ccccc2)C1. The number of nitrogens with one attached hydrogen (secondary N) is 1. The fourth-order valence-electron chi connectivity index (χ4n) is 3.03. The quantitative estimate of drug-likeness (QED) is 0.862. The van der Waals surface area contributed by atoms with Crippen molar-refractivity contribution >= 4 is 0 Å². The summed E-state index contributed by atoms with van der Waals surface area (Å²) in [6, 6.07) is 20.8. The topological polar surface area (TPSA) is 32.3 Å². The highest BCUT2D eigenvalue weighted by Gasteiger charge is 2.38. The maximum atomic E-state index is 10.1. The lowest BCUT2D eigenvalue weighted by molar-refractivity contribution is 0.0913. The molecule has 0 radical (unpaired) electrons. The van der Waals surface area contributed by atoms with Gasteiger partial charge in [0.2, 0.25) is 0 Å². The van der Waals surface area contributed by atoms with Crippen molar-refractivity contribution in [2.24, 2.45) is 0 Å². The molecule has 3 rings (SSSR count). The van der Waals surface area contributed by atoms with Gasteiger partial charge in [0, 0.05) is 0 Å². The molecule has 1 aliphatic rings. The van der Waals surface area contributed by atoms with Crippen LogP contribution in [0.4, 0.5) is 0 Å². The van der Waals surface area contributed by atoms with E-state index in [-0.39, 0.29) is 11.6 Å². The number of aliphatic hydroxyl groups excluding tert-OH is 1. The van der Waals surface area contributed by atoms with Gasteiger partial charge in [0.05, 0.1) is 11.6 Å². The Kier molecular flexibility index (Phi) is 3.36. The van der Waals surface area contributed by atoms with Crippen LogP contribution >= 0.6 is 0 Å². The molecule has 1 saturated heterocycles. The van der Waals surface area contributed by atoms with Crippen molar-refractivity contribution in [3.8, 4) is 0 Å². The average molecular weight is 253 g/mol. The fraction of sp³-hybridized carbons (Fsp3) is 0.294. The van der Waals surface area contributed by atoms with Gasteiger partial charge in [-0.2, -0.15) is 0 Å². The third kappa shape index (κ3) is 2.29. The molecule has 0 spiro atoms. The summed E-state index contributed by atoms with van der Waals surface area (Å²) in [7, 11) is 0. The number of aliphatic hydroxyl groups is 1. The van der Waals surface area contributed by atoms with Crippen LogP contribution in [0.3, 0.4) is 0 Å². The molecule has 2 heteroatoms. The number of piperidine rings is 1. The van der Waals surface area contributed by atoms with Gasteiger partial charge in [0.15, 0.2) is 0 Å². The molecule has 2 aromatic carbocycles. The zero-order valence-corrected chi connectivity index (χ0v) is 10.9. The van der Waals surface area contributed by atoms with Crippen molar-refractivity contribution in [1.82, 2.24) is 5.32 Å². The van der Waals surface area contributed by atoms with Crippen LogP contribution < -0.4 is 5.32 Å². The van der Waals surface area contributed by atoms with Crippen molar-refractivity contribution in [1.29, 1.82) is 0 Å². The van der Waals surface area contributed by atoms with E-state index in [0.29, 0.717) is 0 Å². The van der Waals surface area contributed by atoms with E-state index in [1.54, 1.807) is 0 Å². The number of hydrogen-bond donors (Lipinski definition) is 2.